The van der Waals surface area contributed by atoms with E-state index < -0.39 is 0 Å². The number of nitrogens with one attached hydrogen (secondary N) is 1. The minimum absolute atomic E-state index is 0.168. The molecule has 4 nitrogen and oxygen atoms in total. The molecule has 0 bridgehead atoms. The Bertz CT molecular complexity index is 874. The quantitative estimate of drug-likeness (QED) is 0.766. The number of fused-ring (bicyclic) bond motifs is 1. The van der Waals surface area contributed by atoms with Crippen LogP contribution in [0.15, 0.2) is 17.0 Å². The molecule has 132 valence electrons. The van der Waals surface area contributed by atoms with Crippen molar-refractivity contribution in [3.05, 3.63) is 42.9 Å². The Morgan fingerprint density at radius 3 is 2.60 bits per heavy atom. The highest BCUT2D eigenvalue weighted by atomic mass is 35.5. The Morgan fingerprint density at radius 1 is 1.20 bits per heavy atom. The van der Waals surface area contributed by atoms with Crippen LogP contribution in [0.2, 0.25) is 5.02 Å². The SMILES string of the molecule is COc1cc(OC)c(NC(=O)C2=Cc3sc(C)c(C)c3CS2)cc1Cl. The normalized spacial score (nSPS) is 13.1. The van der Waals surface area contributed by atoms with Gasteiger partial charge in [-0.15, -0.1) is 23.1 Å². The van der Waals surface area contributed by atoms with Gasteiger partial charge in [-0.2, -0.15) is 0 Å². The van der Waals surface area contributed by atoms with E-state index in [0.29, 0.717) is 27.1 Å². The number of thioether (sulfide) groups is 1. The lowest BCUT2D eigenvalue weighted by Gasteiger charge is -2.16. The minimum Gasteiger partial charge on any atom is -0.495 e. The van der Waals surface area contributed by atoms with Gasteiger partial charge in [0, 0.05) is 21.6 Å². The van der Waals surface area contributed by atoms with Gasteiger partial charge < -0.3 is 14.8 Å². The van der Waals surface area contributed by atoms with Crippen LogP contribution in [-0.4, -0.2) is 20.1 Å². The molecule has 0 atom stereocenters. The molecule has 1 amide bonds. The van der Waals surface area contributed by atoms with Crippen molar-refractivity contribution in [2.24, 2.45) is 0 Å². The first kappa shape index (κ1) is 18.2. The van der Waals surface area contributed by atoms with E-state index >= 15 is 0 Å². The molecular formula is C18H18ClNO3S2. The summed E-state index contributed by atoms with van der Waals surface area (Å²) < 4.78 is 10.5. The van der Waals surface area contributed by atoms with Crippen molar-refractivity contribution in [3.63, 3.8) is 0 Å². The standard InChI is InChI=1S/C18H18ClNO3S2/c1-9-10(2)25-16-7-17(24-8-11(9)16)18(21)20-13-5-12(19)14(22-3)6-15(13)23-4/h5-7H,8H2,1-4H3,(H,20,21). The second-order valence-corrected chi connectivity index (χ2v) is 8.25. The fourth-order valence-corrected chi connectivity index (χ4v) is 5.17. The van der Waals surface area contributed by atoms with E-state index in [2.05, 4.69) is 19.2 Å². The molecule has 0 spiro atoms. The number of carbonyl (C=O) groups is 1. The third-order valence-corrected chi connectivity index (χ3v) is 6.66. The summed E-state index contributed by atoms with van der Waals surface area (Å²) in [5.41, 5.74) is 3.17. The van der Waals surface area contributed by atoms with Crippen molar-refractivity contribution in [3.8, 4) is 11.5 Å². The Labute approximate surface area is 160 Å². The molecule has 25 heavy (non-hydrogen) atoms. The summed E-state index contributed by atoms with van der Waals surface area (Å²) in [6.07, 6.45) is 1.96. The average molecular weight is 396 g/mol. The van der Waals surface area contributed by atoms with Crippen molar-refractivity contribution >= 4 is 52.4 Å². The van der Waals surface area contributed by atoms with Gasteiger partial charge in [-0.25, -0.2) is 0 Å². The number of anilines is 1. The summed E-state index contributed by atoms with van der Waals surface area (Å²) in [7, 11) is 3.07. The lowest BCUT2D eigenvalue weighted by Crippen LogP contribution is -2.15. The van der Waals surface area contributed by atoms with Crippen molar-refractivity contribution in [2.45, 2.75) is 19.6 Å². The van der Waals surface area contributed by atoms with Gasteiger partial charge in [0.05, 0.1) is 29.8 Å². The predicted molar refractivity (Wildman–Crippen MR) is 106 cm³/mol. The highest BCUT2D eigenvalue weighted by Gasteiger charge is 2.22. The molecule has 7 heteroatoms. The van der Waals surface area contributed by atoms with E-state index in [4.69, 9.17) is 21.1 Å². The molecule has 2 heterocycles. The maximum absolute atomic E-state index is 12.7. The lowest BCUT2D eigenvalue weighted by molar-refractivity contribution is -0.112. The van der Waals surface area contributed by atoms with Gasteiger partial charge in [-0.3, -0.25) is 4.79 Å². The Kier molecular flexibility index (Phi) is 5.32. The van der Waals surface area contributed by atoms with Crippen LogP contribution in [0.5, 0.6) is 11.5 Å². The second kappa shape index (κ2) is 7.32. The monoisotopic (exact) mass is 395 g/mol. The van der Waals surface area contributed by atoms with Gasteiger partial charge >= 0.3 is 0 Å². The molecule has 0 fully saturated rings. The molecule has 1 aromatic heterocycles. The molecule has 1 aromatic carbocycles. The Balaban J connectivity index is 1.87. The number of thiophene rings is 1. The predicted octanol–water partition coefficient (Wildman–Crippen LogP) is 5.26. The summed E-state index contributed by atoms with van der Waals surface area (Å²) in [4.78, 5) is 15.8. The summed E-state index contributed by atoms with van der Waals surface area (Å²) in [5.74, 6) is 1.64. The van der Waals surface area contributed by atoms with Crippen LogP contribution < -0.4 is 14.8 Å². The zero-order valence-electron chi connectivity index (χ0n) is 14.4. The van der Waals surface area contributed by atoms with E-state index in [1.165, 1.54) is 35.1 Å². The average Bonchev–Trinajstić information content (AvgIpc) is 2.89. The number of halogens is 1. The van der Waals surface area contributed by atoms with E-state index in [1.807, 2.05) is 6.08 Å². The highest BCUT2D eigenvalue weighted by molar-refractivity contribution is 8.03. The highest BCUT2D eigenvalue weighted by Crippen LogP contribution is 2.41. The van der Waals surface area contributed by atoms with Gasteiger partial charge in [0.1, 0.15) is 11.5 Å². The smallest absolute Gasteiger partial charge is 0.262 e. The summed E-state index contributed by atoms with van der Waals surface area (Å²) in [5, 5.41) is 3.30. The number of rotatable bonds is 4. The topological polar surface area (TPSA) is 47.6 Å². The van der Waals surface area contributed by atoms with Gasteiger partial charge in [0.15, 0.2) is 0 Å². The number of carbonyl (C=O) groups excluding carboxylic acids is 1. The van der Waals surface area contributed by atoms with Gasteiger partial charge in [0.2, 0.25) is 0 Å². The van der Waals surface area contributed by atoms with E-state index in [-0.39, 0.29) is 5.91 Å². The summed E-state index contributed by atoms with van der Waals surface area (Å²) in [6.45, 7) is 4.25. The summed E-state index contributed by atoms with van der Waals surface area (Å²) >= 11 is 9.44. The fourth-order valence-electron chi connectivity index (χ4n) is 2.58. The third kappa shape index (κ3) is 3.52. The molecule has 0 saturated carbocycles. The Hall–Kier alpha value is -1.63. The van der Waals surface area contributed by atoms with Crippen LogP contribution in [0.3, 0.4) is 0 Å². The van der Waals surface area contributed by atoms with Gasteiger partial charge in [0.25, 0.3) is 5.91 Å². The maximum Gasteiger partial charge on any atom is 0.262 e. The van der Waals surface area contributed by atoms with Crippen molar-refractivity contribution in [1.29, 1.82) is 0 Å². The molecule has 3 rings (SSSR count). The number of benzene rings is 1. The van der Waals surface area contributed by atoms with Crippen molar-refractivity contribution < 1.29 is 14.3 Å². The number of methoxy groups -OCH3 is 2. The van der Waals surface area contributed by atoms with Gasteiger partial charge in [-0.1, -0.05) is 11.6 Å². The number of ether oxygens (including phenoxy) is 2. The van der Waals surface area contributed by atoms with Crippen molar-refractivity contribution in [2.75, 3.05) is 19.5 Å². The van der Waals surface area contributed by atoms with Crippen molar-refractivity contribution in [1.82, 2.24) is 0 Å². The largest absolute Gasteiger partial charge is 0.495 e. The zero-order chi connectivity index (χ0) is 18.1. The van der Waals surface area contributed by atoms with Crippen LogP contribution in [-0.2, 0) is 10.5 Å². The zero-order valence-corrected chi connectivity index (χ0v) is 16.7. The van der Waals surface area contributed by atoms with Crippen LogP contribution in [0.4, 0.5) is 5.69 Å². The minimum atomic E-state index is -0.168. The van der Waals surface area contributed by atoms with Crippen LogP contribution in [0.1, 0.15) is 20.9 Å². The first-order chi connectivity index (χ1) is 11.9. The molecule has 0 radical (unpaired) electrons. The van der Waals surface area contributed by atoms with Crippen LogP contribution >= 0.6 is 34.7 Å². The van der Waals surface area contributed by atoms with Crippen LogP contribution in [0, 0.1) is 13.8 Å². The third-order valence-electron chi connectivity index (χ3n) is 4.12. The maximum atomic E-state index is 12.7. The Morgan fingerprint density at radius 2 is 1.92 bits per heavy atom. The number of amides is 1. The molecule has 0 saturated heterocycles. The first-order valence-electron chi connectivity index (χ1n) is 7.60. The van der Waals surface area contributed by atoms with E-state index in [9.17, 15) is 4.79 Å². The van der Waals surface area contributed by atoms with E-state index in [0.717, 1.165) is 5.75 Å². The molecule has 0 aliphatic carbocycles. The molecule has 1 aliphatic heterocycles. The van der Waals surface area contributed by atoms with Gasteiger partial charge in [-0.05, 0) is 37.1 Å². The van der Waals surface area contributed by atoms with E-state index in [1.54, 1.807) is 35.2 Å². The number of hydrogen-bond donors (Lipinski definition) is 1. The summed E-state index contributed by atoms with van der Waals surface area (Å²) in [6, 6.07) is 3.29. The second-order valence-electron chi connectivity index (χ2n) is 5.56. The molecule has 1 N–H and O–H groups in total. The first-order valence-corrected chi connectivity index (χ1v) is 9.78. The fraction of sp³-hybridized carbons (Fsp3) is 0.278. The molecule has 1 aliphatic rings. The van der Waals surface area contributed by atoms with Crippen LogP contribution in [0.25, 0.3) is 6.08 Å². The lowest BCUT2D eigenvalue weighted by atomic mass is 10.1. The molecule has 2 aromatic rings. The number of hydrogen-bond acceptors (Lipinski definition) is 5. The molecule has 0 unspecified atom stereocenters. The number of aryl methyl sites for hydroxylation is 1. The molecular weight excluding hydrogens is 378 g/mol.